The Kier molecular flexibility index (Phi) is 3.98. The van der Waals surface area contributed by atoms with E-state index in [0.29, 0.717) is 13.0 Å². The van der Waals surface area contributed by atoms with E-state index in [4.69, 9.17) is 4.74 Å². The van der Waals surface area contributed by atoms with Crippen molar-refractivity contribution in [2.24, 2.45) is 0 Å². The highest BCUT2D eigenvalue weighted by atomic mass is 16.5. The van der Waals surface area contributed by atoms with Gasteiger partial charge in [0, 0.05) is 19.5 Å². The molecule has 1 aromatic carbocycles. The largest absolute Gasteiger partial charge is 0.480 e. The number of benzene rings is 1. The van der Waals surface area contributed by atoms with Crippen molar-refractivity contribution in [3.8, 4) is 5.75 Å². The van der Waals surface area contributed by atoms with Crippen molar-refractivity contribution >= 4 is 5.91 Å². The molecule has 2 rings (SSSR count). The maximum atomic E-state index is 11.8. The lowest BCUT2D eigenvalue weighted by Gasteiger charge is -2.11. The van der Waals surface area contributed by atoms with Crippen LogP contribution in [0.5, 0.6) is 5.75 Å². The fourth-order valence-corrected chi connectivity index (χ4v) is 1.89. The van der Waals surface area contributed by atoms with Crippen molar-refractivity contribution in [2.75, 3.05) is 19.6 Å². The number of amides is 1. The zero-order chi connectivity index (χ0) is 12.1. The number of carbonyl (C=O) groups excluding carboxylic acids is 1. The van der Waals surface area contributed by atoms with E-state index in [1.165, 1.54) is 0 Å². The molecule has 1 unspecified atom stereocenters. The van der Waals surface area contributed by atoms with Crippen LogP contribution in [0, 0.1) is 0 Å². The first-order valence-electron chi connectivity index (χ1n) is 6.04. The molecule has 1 aromatic rings. The average Bonchev–Trinajstić information content (AvgIpc) is 2.78. The lowest BCUT2D eigenvalue weighted by molar-refractivity contribution is -0.127. The van der Waals surface area contributed by atoms with E-state index in [-0.39, 0.29) is 12.0 Å². The van der Waals surface area contributed by atoms with Crippen molar-refractivity contribution in [1.29, 1.82) is 0 Å². The molecule has 0 spiro atoms. The number of hydrogen-bond donors (Lipinski definition) is 2. The quantitative estimate of drug-likeness (QED) is 0.738. The maximum Gasteiger partial charge on any atom is 0.261 e. The summed E-state index contributed by atoms with van der Waals surface area (Å²) in [4.78, 5) is 11.8. The van der Waals surface area contributed by atoms with Gasteiger partial charge in [0.1, 0.15) is 5.75 Å². The fraction of sp³-hybridized carbons (Fsp3) is 0.462. The summed E-state index contributed by atoms with van der Waals surface area (Å²) >= 11 is 0. The van der Waals surface area contributed by atoms with Crippen LogP contribution in [-0.2, 0) is 11.2 Å². The van der Waals surface area contributed by atoms with E-state index in [9.17, 15) is 4.79 Å². The molecule has 1 heterocycles. The molecular formula is C13H18N2O2. The molecule has 2 N–H and O–H groups in total. The van der Waals surface area contributed by atoms with Gasteiger partial charge in [0.15, 0.2) is 6.10 Å². The molecule has 0 aromatic heterocycles. The van der Waals surface area contributed by atoms with Crippen LogP contribution < -0.4 is 15.4 Å². The Hall–Kier alpha value is -1.55. The van der Waals surface area contributed by atoms with Gasteiger partial charge in [-0.3, -0.25) is 4.79 Å². The van der Waals surface area contributed by atoms with Crippen LogP contribution in [-0.4, -0.2) is 31.6 Å². The van der Waals surface area contributed by atoms with E-state index in [0.717, 1.165) is 24.4 Å². The summed E-state index contributed by atoms with van der Waals surface area (Å²) in [6, 6.07) is 7.79. The first-order chi connectivity index (χ1) is 8.31. The van der Waals surface area contributed by atoms with Crippen LogP contribution in [0.4, 0.5) is 0 Å². The Bertz CT molecular complexity index is 368. The number of fused-ring (bicyclic) bond motifs is 1. The Morgan fingerprint density at radius 3 is 3.00 bits per heavy atom. The van der Waals surface area contributed by atoms with Gasteiger partial charge in [-0.1, -0.05) is 25.1 Å². The van der Waals surface area contributed by atoms with Gasteiger partial charge in [-0.05, 0) is 18.2 Å². The third kappa shape index (κ3) is 2.97. The molecule has 4 nitrogen and oxygen atoms in total. The molecule has 1 atom stereocenters. The highest BCUT2D eigenvalue weighted by molar-refractivity contribution is 5.82. The van der Waals surface area contributed by atoms with Crippen molar-refractivity contribution in [3.05, 3.63) is 29.8 Å². The van der Waals surface area contributed by atoms with Gasteiger partial charge in [0.05, 0.1) is 0 Å². The maximum absolute atomic E-state index is 11.8. The van der Waals surface area contributed by atoms with Crippen LogP contribution in [0.25, 0.3) is 0 Å². The zero-order valence-electron chi connectivity index (χ0n) is 10.0. The summed E-state index contributed by atoms with van der Waals surface area (Å²) in [6.45, 7) is 4.39. The number of hydrogen-bond acceptors (Lipinski definition) is 3. The standard InChI is InChI=1S/C13H18N2O2/c1-2-14-7-8-15-13(16)12-9-10-5-3-4-6-11(10)17-12/h3-6,12,14H,2,7-9H2,1H3,(H,15,16). The number of likely N-dealkylation sites (N-methyl/N-ethyl adjacent to an activating group) is 1. The molecule has 0 radical (unpaired) electrons. The van der Waals surface area contributed by atoms with E-state index < -0.39 is 0 Å². The van der Waals surface area contributed by atoms with E-state index in [1.54, 1.807) is 0 Å². The first-order valence-corrected chi connectivity index (χ1v) is 6.04. The summed E-state index contributed by atoms with van der Waals surface area (Å²) in [5, 5.41) is 6.02. The number of ether oxygens (including phenoxy) is 1. The Balaban J connectivity index is 1.80. The van der Waals surface area contributed by atoms with Crippen LogP contribution >= 0.6 is 0 Å². The third-order valence-corrected chi connectivity index (χ3v) is 2.79. The molecular weight excluding hydrogens is 216 g/mol. The van der Waals surface area contributed by atoms with Gasteiger partial charge in [0.25, 0.3) is 5.91 Å². The molecule has 92 valence electrons. The smallest absolute Gasteiger partial charge is 0.261 e. The van der Waals surface area contributed by atoms with Crippen LogP contribution in [0.2, 0.25) is 0 Å². The second-order valence-electron chi connectivity index (χ2n) is 4.06. The minimum atomic E-state index is -0.367. The molecule has 0 saturated carbocycles. The second-order valence-corrected chi connectivity index (χ2v) is 4.06. The van der Waals surface area contributed by atoms with Gasteiger partial charge in [-0.2, -0.15) is 0 Å². The molecule has 0 aliphatic carbocycles. The van der Waals surface area contributed by atoms with Gasteiger partial charge < -0.3 is 15.4 Å². The van der Waals surface area contributed by atoms with Gasteiger partial charge in [0.2, 0.25) is 0 Å². The predicted octanol–water partition coefficient (Wildman–Crippen LogP) is 0.716. The summed E-state index contributed by atoms with van der Waals surface area (Å²) in [6.07, 6.45) is 0.303. The lowest BCUT2D eigenvalue weighted by atomic mass is 10.1. The molecule has 0 fully saturated rings. The summed E-state index contributed by atoms with van der Waals surface area (Å²) < 4.78 is 5.59. The lowest BCUT2D eigenvalue weighted by Crippen LogP contribution is -2.40. The fourth-order valence-electron chi connectivity index (χ4n) is 1.89. The predicted molar refractivity (Wildman–Crippen MR) is 66.1 cm³/mol. The topological polar surface area (TPSA) is 50.4 Å². The van der Waals surface area contributed by atoms with Crippen molar-refractivity contribution in [2.45, 2.75) is 19.4 Å². The minimum Gasteiger partial charge on any atom is -0.480 e. The molecule has 0 bridgehead atoms. The monoisotopic (exact) mass is 234 g/mol. The highest BCUT2D eigenvalue weighted by Crippen LogP contribution is 2.27. The van der Waals surface area contributed by atoms with Gasteiger partial charge in [-0.25, -0.2) is 0 Å². The van der Waals surface area contributed by atoms with E-state index in [2.05, 4.69) is 10.6 Å². The van der Waals surface area contributed by atoms with E-state index in [1.807, 2.05) is 31.2 Å². The van der Waals surface area contributed by atoms with Gasteiger partial charge >= 0.3 is 0 Å². The Morgan fingerprint density at radius 1 is 1.41 bits per heavy atom. The highest BCUT2D eigenvalue weighted by Gasteiger charge is 2.28. The number of carbonyl (C=O) groups is 1. The third-order valence-electron chi connectivity index (χ3n) is 2.79. The number of para-hydroxylation sites is 1. The molecule has 0 saturated heterocycles. The summed E-state index contributed by atoms with van der Waals surface area (Å²) in [5.41, 5.74) is 1.11. The number of rotatable bonds is 5. The van der Waals surface area contributed by atoms with Crippen LogP contribution in [0.1, 0.15) is 12.5 Å². The van der Waals surface area contributed by atoms with Crippen molar-refractivity contribution in [1.82, 2.24) is 10.6 Å². The average molecular weight is 234 g/mol. The first kappa shape index (κ1) is 11.9. The van der Waals surface area contributed by atoms with Crippen LogP contribution in [0.3, 0.4) is 0 Å². The summed E-state index contributed by atoms with van der Waals surface area (Å²) in [5.74, 6) is 0.804. The minimum absolute atomic E-state index is 0.0286. The number of nitrogens with one attached hydrogen (secondary N) is 2. The SMILES string of the molecule is CCNCCNC(=O)C1Cc2ccccc2O1. The molecule has 1 aliphatic heterocycles. The zero-order valence-corrected chi connectivity index (χ0v) is 10.0. The molecule has 4 heteroatoms. The van der Waals surface area contributed by atoms with Gasteiger partial charge in [-0.15, -0.1) is 0 Å². The normalized spacial score (nSPS) is 17.4. The molecule has 1 amide bonds. The molecule has 1 aliphatic rings. The summed E-state index contributed by atoms with van der Waals surface area (Å²) in [7, 11) is 0. The van der Waals surface area contributed by atoms with Crippen LogP contribution in [0.15, 0.2) is 24.3 Å². The Morgan fingerprint density at radius 2 is 2.24 bits per heavy atom. The van der Waals surface area contributed by atoms with Crippen molar-refractivity contribution in [3.63, 3.8) is 0 Å². The molecule has 17 heavy (non-hydrogen) atoms. The van der Waals surface area contributed by atoms with Crippen molar-refractivity contribution < 1.29 is 9.53 Å². The Labute approximate surface area is 101 Å². The van der Waals surface area contributed by atoms with E-state index >= 15 is 0 Å². The second kappa shape index (κ2) is 5.68.